The Kier molecular flexibility index (Phi) is 8.83. The molecule has 2 aromatic heterocycles. The van der Waals surface area contributed by atoms with Gasteiger partial charge in [-0.25, -0.2) is 0 Å². The Bertz CT molecular complexity index is 3570. The van der Waals surface area contributed by atoms with Crippen molar-refractivity contribution in [1.82, 2.24) is 9.13 Å². The Balaban J connectivity index is 1.04. The number of para-hydroxylation sites is 2. The topological polar surface area (TPSA) is 13.1 Å². The van der Waals surface area contributed by atoms with E-state index in [0.29, 0.717) is 0 Å². The van der Waals surface area contributed by atoms with Gasteiger partial charge in [-0.1, -0.05) is 158 Å². The number of fused-ring (bicyclic) bond motifs is 6. The predicted molar refractivity (Wildman–Crippen MR) is 266 cm³/mol. The van der Waals surface area contributed by atoms with Crippen molar-refractivity contribution < 1.29 is 0 Å². The standard InChI is InChI=1S/C60H41N3/c1-5-16-42(17-6-1)44-28-31-48(32-29-44)61(49-33-35-50(36-34-49)62-56-26-14-13-24-53(56)54-40-46(30-38-57(54)62)43-18-7-2-8-19-43)51-37-39-58-55(41-51)60-52(45-20-9-3-10-21-45)25-15-27-59(60)63(58)47-22-11-4-12-23-47/h1-41H. The highest BCUT2D eigenvalue weighted by Crippen LogP contribution is 2.44. The van der Waals surface area contributed by atoms with Crippen LogP contribution in [0.1, 0.15) is 0 Å². The van der Waals surface area contributed by atoms with Crippen LogP contribution in [0.5, 0.6) is 0 Å². The molecule has 0 spiro atoms. The lowest BCUT2D eigenvalue weighted by molar-refractivity contribution is 1.17. The lowest BCUT2D eigenvalue weighted by Gasteiger charge is -2.26. The number of benzene rings is 10. The normalized spacial score (nSPS) is 11.5. The van der Waals surface area contributed by atoms with E-state index in [1.54, 1.807) is 0 Å². The van der Waals surface area contributed by atoms with Crippen LogP contribution in [-0.4, -0.2) is 9.13 Å². The maximum absolute atomic E-state index is 2.41. The van der Waals surface area contributed by atoms with Crippen molar-refractivity contribution >= 4 is 60.7 Å². The first kappa shape index (κ1) is 36.5. The Morgan fingerprint density at radius 3 is 1.41 bits per heavy atom. The third-order valence-electron chi connectivity index (χ3n) is 12.5. The summed E-state index contributed by atoms with van der Waals surface area (Å²) in [6.45, 7) is 0. The smallest absolute Gasteiger partial charge is 0.0547 e. The molecule has 63 heavy (non-hydrogen) atoms. The molecule has 3 nitrogen and oxygen atoms in total. The van der Waals surface area contributed by atoms with Crippen LogP contribution >= 0.6 is 0 Å². The van der Waals surface area contributed by atoms with E-state index in [1.807, 2.05) is 0 Å². The summed E-state index contributed by atoms with van der Waals surface area (Å²) in [5.41, 5.74) is 17.5. The highest BCUT2D eigenvalue weighted by Gasteiger charge is 2.21. The molecular formula is C60H41N3. The van der Waals surface area contributed by atoms with E-state index in [9.17, 15) is 0 Å². The van der Waals surface area contributed by atoms with Gasteiger partial charge < -0.3 is 14.0 Å². The van der Waals surface area contributed by atoms with Gasteiger partial charge in [-0.2, -0.15) is 0 Å². The largest absolute Gasteiger partial charge is 0.310 e. The molecular weight excluding hydrogens is 763 g/mol. The number of hydrogen-bond acceptors (Lipinski definition) is 1. The molecule has 2 heterocycles. The highest BCUT2D eigenvalue weighted by molar-refractivity contribution is 6.17. The van der Waals surface area contributed by atoms with Gasteiger partial charge in [-0.05, 0) is 124 Å². The fourth-order valence-corrected chi connectivity index (χ4v) is 9.60. The number of aromatic nitrogens is 2. The molecule has 0 radical (unpaired) electrons. The van der Waals surface area contributed by atoms with E-state index in [0.717, 1.165) is 28.4 Å². The fourth-order valence-electron chi connectivity index (χ4n) is 9.60. The molecule has 0 atom stereocenters. The van der Waals surface area contributed by atoms with Crippen LogP contribution in [0, 0.1) is 0 Å². The van der Waals surface area contributed by atoms with Crippen molar-refractivity contribution in [2.24, 2.45) is 0 Å². The lowest BCUT2D eigenvalue weighted by Crippen LogP contribution is -2.10. The molecule has 10 aromatic carbocycles. The Morgan fingerprint density at radius 1 is 0.254 bits per heavy atom. The van der Waals surface area contributed by atoms with E-state index in [1.165, 1.54) is 77.0 Å². The summed E-state index contributed by atoms with van der Waals surface area (Å²) >= 11 is 0. The first-order valence-corrected chi connectivity index (χ1v) is 21.6. The van der Waals surface area contributed by atoms with Gasteiger partial charge in [0.25, 0.3) is 0 Å². The molecule has 0 aliphatic rings. The zero-order valence-electron chi connectivity index (χ0n) is 34.5. The summed E-state index contributed by atoms with van der Waals surface area (Å²) in [5, 5.41) is 4.93. The van der Waals surface area contributed by atoms with Gasteiger partial charge in [0.2, 0.25) is 0 Å². The second-order valence-electron chi connectivity index (χ2n) is 16.2. The fraction of sp³-hybridized carbons (Fsp3) is 0. The van der Waals surface area contributed by atoms with E-state index in [-0.39, 0.29) is 0 Å². The average Bonchev–Trinajstić information content (AvgIpc) is 3.88. The predicted octanol–water partition coefficient (Wildman–Crippen LogP) is 16.4. The van der Waals surface area contributed by atoms with E-state index >= 15 is 0 Å². The van der Waals surface area contributed by atoms with Crippen molar-refractivity contribution in [3.63, 3.8) is 0 Å². The number of rotatable bonds is 8. The molecule has 0 amide bonds. The zero-order valence-corrected chi connectivity index (χ0v) is 34.5. The van der Waals surface area contributed by atoms with Crippen LogP contribution in [0.4, 0.5) is 17.1 Å². The summed E-state index contributed by atoms with van der Waals surface area (Å²) in [4.78, 5) is 2.40. The third-order valence-corrected chi connectivity index (χ3v) is 12.5. The molecule has 0 aliphatic carbocycles. The molecule has 0 N–H and O–H groups in total. The van der Waals surface area contributed by atoms with E-state index in [4.69, 9.17) is 0 Å². The van der Waals surface area contributed by atoms with Gasteiger partial charge in [-0.15, -0.1) is 0 Å². The molecule has 12 rings (SSSR count). The molecule has 0 bridgehead atoms. The molecule has 0 aliphatic heterocycles. The van der Waals surface area contributed by atoms with Crippen molar-refractivity contribution in [3.8, 4) is 44.8 Å². The van der Waals surface area contributed by atoms with Crippen LogP contribution in [0.2, 0.25) is 0 Å². The SMILES string of the molecule is c1ccc(-c2ccc(N(c3ccc(-n4c5ccccc5c5cc(-c6ccccc6)ccc54)cc3)c3ccc4c(c3)c3c(-c5ccccc5)cccc3n4-c3ccccc3)cc2)cc1. The molecule has 0 saturated carbocycles. The van der Waals surface area contributed by atoms with Crippen LogP contribution in [-0.2, 0) is 0 Å². The van der Waals surface area contributed by atoms with Crippen LogP contribution in [0.25, 0.3) is 88.4 Å². The van der Waals surface area contributed by atoms with Crippen LogP contribution in [0.3, 0.4) is 0 Å². The quantitative estimate of drug-likeness (QED) is 0.149. The van der Waals surface area contributed by atoms with E-state index < -0.39 is 0 Å². The van der Waals surface area contributed by atoms with Crippen LogP contribution < -0.4 is 4.90 Å². The van der Waals surface area contributed by atoms with Gasteiger partial charge in [0.1, 0.15) is 0 Å². The van der Waals surface area contributed by atoms with Crippen molar-refractivity contribution in [3.05, 3.63) is 249 Å². The van der Waals surface area contributed by atoms with Gasteiger partial charge in [0, 0.05) is 50.0 Å². The first-order valence-electron chi connectivity index (χ1n) is 21.6. The highest BCUT2D eigenvalue weighted by atomic mass is 15.1. The summed E-state index contributed by atoms with van der Waals surface area (Å²) in [6.07, 6.45) is 0. The minimum absolute atomic E-state index is 1.08. The maximum Gasteiger partial charge on any atom is 0.0547 e. The van der Waals surface area contributed by atoms with Crippen molar-refractivity contribution in [1.29, 1.82) is 0 Å². The minimum Gasteiger partial charge on any atom is -0.310 e. The van der Waals surface area contributed by atoms with E-state index in [2.05, 4.69) is 263 Å². The Labute approximate surface area is 366 Å². The Morgan fingerprint density at radius 2 is 0.714 bits per heavy atom. The van der Waals surface area contributed by atoms with Crippen molar-refractivity contribution in [2.45, 2.75) is 0 Å². The minimum atomic E-state index is 1.08. The second kappa shape index (κ2) is 15.3. The summed E-state index contributed by atoms with van der Waals surface area (Å²) in [6, 6.07) is 90.1. The number of nitrogens with zero attached hydrogens (tertiary/aromatic N) is 3. The van der Waals surface area contributed by atoms with Crippen LogP contribution in [0.15, 0.2) is 249 Å². The second-order valence-corrected chi connectivity index (χ2v) is 16.2. The van der Waals surface area contributed by atoms with Gasteiger partial charge in [-0.3, -0.25) is 0 Å². The molecule has 0 unspecified atom stereocenters. The van der Waals surface area contributed by atoms with Gasteiger partial charge in [0.05, 0.1) is 22.1 Å². The monoisotopic (exact) mass is 803 g/mol. The summed E-state index contributed by atoms with van der Waals surface area (Å²) < 4.78 is 4.81. The van der Waals surface area contributed by atoms with Crippen molar-refractivity contribution in [2.75, 3.05) is 4.90 Å². The first-order chi connectivity index (χ1) is 31.3. The Hall–Kier alpha value is -8.40. The zero-order chi connectivity index (χ0) is 41.7. The third kappa shape index (κ3) is 6.29. The number of anilines is 3. The lowest BCUT2D eigenvalue weighted by atomic mass is 9.99. The van der Waals surface area contributed by atoms with Gasteiger partial charge >= 0.3 is 0 Å². The average molecular weight is 804 g/mol. The number of hydrogen-bond donors (Lipinski definition) is 0. The maximum atomic E-state index is 2.41. The molecule has 0 fully saturated rings. The van der Waals surface area contributed by atoms with Gasteiger partial charge in [0.15, 0.2) is 0 Å². The molecule has 0 saturated heterocycles. The summed E-state index contributed by atoms with van der Waals surface area (Å²) in [5.74, 6) is 0. The molecule has 12 aromatic rings. The molecule has 3 heteroatoms. The summed E-state index contributed by atoms with van der Waals surface area (Å²) in [7, 11) is 0. The molecule has 296 valence electrons.